The second-order valence-electron chi connectivity index (χ2n) is 3.13. The Balaban J connectivity index is 3.92. The molecule has 0 aromatic heterocycles. The molecule has 0 aromatic carbocycles. The van der Waals surface area contributed by atoms with Gasteiger partial charge in [0.25, 0.3) is 0 Å². The summed E-state index contributed by atoms with van der Waals surface area (Å²) in [5.41, 5.74) is 0.906. The summed E-state index contributed by atoms with van der Waals surface area (Å²) in [6.45, 7) is 5.60. The van der Waals surface area contributed by atoms with E-state index in [4.69, 9.17) is 5.11 Å². The highest BCUT2D eigenvalue weighted by Crippen LogP contribution is 2.04. The number of rotatable bonds is 7. The summed E-state index contributed by atoms with van der Waals surface area (Å²) >= 11 is 0. The number of aliphatic hydroxyl groups is 2. The summed E-state index contributed by atoms with van der Waals surface area (Å²) < 4.78 is 0. The van der Waals surface area contributed by atoms with Gasteiger partial charge in [0.1, 0.15) is 0 Å². The second kappa shape index (κ2) is 8.73. The van der Waals surface area contributed by atoms with E-state index in [9.17, 15) is 5.11 Å². The van der Waals surface area contributed by atoms with Crippen molar-refractivity contribution in [2.45, 2.75) is 32.3 Å². The summed E-state index contributed by atoms with van der Waals surface area (Å²) in [6, 6.07) is 0. The van der Waals surface area contributed by atoms with E-state index in [1.165, 1.54) is 6.08 Å². The van der Waals surface area contributed by atoms with E-state index in [1.807, 2.05) is 25.2 Å². The third kappa shape index (κ3) is 6.63. The van der Waals surface area contributed by atoms with Crippen molar-refractivity contribution in [2.24, 2.45) is 0 Å². The fraction of sp³-hybridized carbons (Fsp3) is 0.500. The molecular formula is C12H20O2. The molecule has 1 atom stereocenters. The second-order valence-corrected chi connectivity index (χ2v) is 3.13. The smallest absolute Gasteiger partial charge is 0.0721 e. The van der Waals surface area contributed by atoms with Crippen molar-refractivity contribution >= 4 is 0 Å². The van der Waals surface area contributed by atoms with E-state index >= 15 is 0 Å². The summed E-state index contributed by atoms with van der Waals surface area (Å²) in [5.74, 6) is 0. The topological polar surface area (TPSA) is 40.5 Å². The van der Waals surface area contributed by atoms with Crippen LogP contribution in [0.3, 0.4) is 0 Å². The fourth-order valence-electron chi connectivity index (χ4n) is 1.01. The third-order valence-electron chi connectivity index (χ3n) is 1.89. The van der Waals surface area contributed by atoms with Crippen LogP contribution in [0.15, 0.2) is 36.5 Å². The van der Waals surface area contributed by atoms with E-state index in [2.05, 4.69) is 6.58 Å². The molecule has 2 nitrogen and oxygen atoms in total. The normalized spacial score (nSPS) is 14.6. The molecule has 0 saturated carbocycles. The molecule has 0 amide bonds. The molecule has 0 aliphatic carbocycles. The van der Waals surface area contributed by atoms with Gasteiger partial charge in [-0.1, -0.05) is 31.2 Å². The van der Waals surface area contributed by atoms with Crippen molar-refractivity contribution in [3.8, 4) is 0 Å². The lowest BCUT2D eigenvalue weighted by molar-refractivity contribution is 0.214. The predicted molar refractivity (Wildman–Crippen MR) is 60.0 cm³/mol. The van der Waals surface area contributed by atoms with Crippen molar-refractivity contribution in [3.05, 3.63) is 36.5 Å². The molecule has 0 saturated heterocycles. The first-order chi connectivity index (χ1) is 6.74. The molecule has 2 heteroatoms. The maximum Gasteiger partial charge on any atom is 0.0721 e. The van der Waals surface area contributed by atoms with Crippen molar-refractivity contribution < 1.29 is 10.2 Å². The first-order valence-corrected chi connectivity index (χ1v) is 5.01. The molecule has 0 spiro atoms. The number of allylic oxidation sites excluding steroid dienone is 2. The lowest BCUT2D eigenvalue weighted by Gasteiger charge is -2.02. The molecule has 0 aliphatic rings. The molecule has 2 N–H and O–H groups in total. The van der Waals surface area contributed by atoms with E-state index in [0.29, 0.717) is 6.42 Å². The van der Waals surface area contributed by atoms with Crippen LogP contribution in [-0.2, 0) is 0 Å². The minimum absolute atomic E-state index is 0.0562. The Morgan fingerprint density at radius 1 is 1.50 bits per heavy atom. The molecule has 0 bridgehead atoms. The zero-order valence-electron chi connectivity index (χ0n) is 8.82. The standard InChI is InChI=1S/C12H20O2/c1-3-5-7-11(10-13)8-6-9-12(14)4-2/h4-5,7-8,12-14H,2-3,6,9-10H2,1H3/b7-5+,11-8-. The molecule has 0 rings (SSSR count). The molecule has 0 radical (unpaired) electrons. The monoisotopic (exact) mass is 196 g/mol. The molecule has 0 aliphatic heterocycles. The summed E-state index contributed by atoms with van der Waals surface area (Å²) in [4.78, 5) is 0. The van der Waals surface area contributed by atoms with Gasteiger partial charge in [0.15, 0.2) is 0 Å². The van der Waals surface area contributed by atoms with Gasteiger partial charge in [0.2, 0.25) is 0 Å². The van der Waals surface area contributed by atoms with Crippen molar-refractivity contribution in [3.63, 3.8) is 0 Å². The van der Waals surface area contributed by atoms with Crippen LogP contribution >= 0.6 is 0 Å². The van der Waals surface area contributed by atoms with Crippen LogP contribution in [0.1, 0.15) is 26.2 Å². The molecule has 80 valence electrons. The highest BCUT2D eigenvalue weighted by molar-refractivity contribution is 5.18. The van der Waals surface area contributed by atoms with Crippen LogP contribution in [0, 0.1) is 0 Å². The fourth-order valence-corrected chi connectivity index (χ4v) is 1.01. The Kier molecular flexibility index (Phi) is 8.19. The van der Waals surface area contributed by atoms with Crippen molar-refractivity contribution in [1.29, 1.82) is 0 Å². The van der Waals surface area contributed by atoms with Gasteiger partial charge in [-0.3, -0.25) is 0 Å². The molecule has 0 heterocycles. The predicted octanol–water partition coefficient (Wildman–Crippen LogP) is 2.20. The lowest BCUT2D eigenvalue weighted by atomic mass is 10.1. The van der Waals surface area contributed by atoms with E-state index in [1.54, 1.807) is 0 Å². The maximum absolute atomic E-state index is 9.19. The lowest BCUT2D eigenvalue weighted by Crippen LogP contribution is -1.99. The summed E-state index contributed by atoms with van der Waals surface area (Å²) in [6.07, 6.45) is 9.33. The van der Waals surface area contributed by atoms with Gasteiger partial charge in [-0.05, 0) is 24.8 Å². The van der Waals surface area contributed by atoms with Gasteiger partial charge < -0.3 is 10.2 Å². The van der Waals surface area contributed by atoms with Crippen LogP contribution in [0.5, 0.6) is 0 Å². The van der Waals surface area contributed by atoms with Gasteiger partial charge >= 0.3 is 0 Å². The zero-order chi connectivity index (χ0) is 10.8. The third-order valence-corrected chi connectivity index (χ3v) is 1.89. The minimum atomic E-state index is -0.443. The van der Waals surface area contributed by atoms with Gasteiger partial charge in [0.05, 0.1) is 12.7 Å². The van der Waals surface area contributed by atoms with E-state index < -0.39 is 6.10 Å². The zero-order valence-corrected chi connectivity index (χ0v) is 8.82. The number of hydrogen-bond donors (Lipinski definition) is 2. The highest BCUT2D eigenvalue weighted by atomic mass is 16.3. The Morgan fingerprint density at radius 3 is 2.71 bits per heavy atom. The number of hydrogen-bond acceptors (Lipinski definition) is 2. The summed E-state index contributed by atoms with van der Waals surface area (Å²) in [5, 5.41) is 18.2. The highest BCUT2D eigenvalue weighted by Gasteiger charge is 1.95. The van der Waals surface area contributed by atoms with Crippen molar-refractivity contribution in [2.75, 3.05) is 6.61 Å². The Hall–Kier alpha value is -0.860. The first-order valence-electron chi connectivity index (χ1n) is 5.01. The maximum atomic E-state index is 9.19. The van der Waals surface area contributed by atoms with Gasteiger partial charge in [-0.25, -0.2) is 0 Å². The first kappa shape index (κ1) is 13.1. The minimum Gasteiger partial charge on any atom is -0.392 e. The molecule has 1 unspecified atom stereocenters. The van der Waals surface area contributed by atoms with Gasteiger partial charge in [0, 0.05) is 0 Å². The summed E-state index contributed by atoms with van der Waals surface area (Å²) in [7, 11) is 0. The van der Waals surface area contributed by atoms with Gasteiger partial charge in [-0.15, -0.1) is 6.58 Å². The number of aliphatic hydroxyl groups excluding tert-OH is 2. The molecule has 0 fully saturated rings. The Morgan fingerprint density at radius 2 is 2.21 bits per heavy atom. The van der Waals surface area contributed by atoms with Crippen molar-refractivity contribution in [1.82, 2.24) is 0 Å². The average Bonchev–Trinajstić information content (AvgIpc) is 2.22. The molecule has 0 aromatic rings. The van der Waals surface area contributed by atoms with Gasteiger partial charge in [-0.2, -0.15) is 0 Å². The van der Waals surface area contributed by atoms with Crippen LogP contribution in [0.25, 0.3) is 0 Å². The quantitative estimate of drug-likeness (QED) is 0.484. The molecule has 14 heavy (non-hydrogen) atoms. The van der Waals surface area contributed by atoms with E-state index in [0.717, 1.165) is 18.4 Å². The van der Waals surface area contributed by atoms with Crippen LogP contribution in [0.2, 0.25) is 0 Å². The Bertz CT molecular complexity index is 204. The average molecular weight is 196 g/mol. The van der Waals surface area contributed by atoms with E-state index in [-0.39, 0.29) is 6.61 Å². The molecular weight excluding hydrogens is 176 g/mol. The SMILES string of the molecule is C=CC(O)CC/C=C(/C=C/CC)CO. The van der Waals surface area contributed by atoms with Crippen LogP contribution in [0.4, 0.5) is 0 Å². The van der Waals surface area contributed by atoms with Crippen LogP contribution in [-0.4, -0.2) is 22.9 Å². The largest absolute Gasteiger partial charge is 0.392 e. The van der Waals surface area contributed by atoms with Crippen LogP contribution < -0.4 is 0 Å². The Labute approximate surface area is 86.3 Å².